The Labute approximate surface area is 129 Å². The number of benzene rings is 2. The summed E-state index contributed by atoms with van der Waals surface area (Å²) in [6.07, 6.45) is -0.208. The number of nitrogens with one attached hydrogen (secondary N) is 1. The maximum absolute atomic E-state index is 13.1. The van der Waals surface area contributed by atoms with Crippen molar-refractivity contribution in [3.63, 3.8) is 0 Å². The summed E-state index contributed by atoms with van der Waals surface area (Å²) in [7, 11) is 0. The summed E-state index contributed by atoms with van der Waals surface area (Å²) in [5.74, 6) is 0.472. The van der Waals surface area contributed by atoms with E-state index in [1.165, 1.54) is 17.7 Å². The normalized spacial score (nSPS) is 12.8. The van der Waals surface area contributed by atoms with E-state index >= 15 is 0 Å². The number of rotatable bonds is 5. The van der Waals surface area contributed by atoms with Crippen LogP contribution in [0.1, 0.15) is 12.5 Å². The Bertz CT molecular complexity index is 641. The lowest BCUT2D eigenvalue weighted by Gasteiger charge is -2.13. The van der Waals surface area contributed by atoms with Gasteiger partial charge in [-0.25, -0.2) is 9.38 Å². The average molecular weight is 301 g/mol. The van der Waals surface area contributed by atoms with Gasteiger partial charge in [0.2, 0.25) is 0 Å². The third kappa shape index (κ3) is 5.09. The topological polar surface area (TPSA) is 59.6 Å². The second-order valence-corrected chi connectivity index (χ2v) is 5.10. The molecular formula is C17H20FN3O. The van der Waals surface area contributed by atoms with Crippen molar-refractivity contribution >= 4 is 11.6 Å². The van der Waals surface area contributed by atoms with Crippen LogP contribution >= 0.6 is 0 Å². The number of guanidine groups is 1. The second kappa shape index (κ2) is 7.45. The predicted octanol–water partition coefficient (Wildman–Crippen LogP) is 3.33. The van der Waals surface area contributed by atoms with Crippen LogP contribution in [0.25, 0.3) is 0 Å². The minimum atomic E-state index is -0.325. The van der Waals surface area contributed by atoms with Crippen molar-refractivity contribution in [1.82, 2.24) is 0 Å². The van der Waals surface area contributed by atoms with Crippen LogP contribution in [0, 0.1) is 12.7 Å². The Morgan fingerprint density at radius 1 is 1.27 bits per heavy atom. The monoisotopic (exact) mass is 301 g/mol. The van der Waals surface area contributed by atoms with E-state index in [0.717, 1.165) is 5.69 Å². The van der Waals surface area contributed by atoms with Crippen LogP contribution in [0.15, 0.2) is 53.5 Å². The first-order valence-electron chi connectivity index (χ1n) is 7.09. The molecule has 2 aromatic rings. The number of hydrogen-bond donors (Lipinski definition) is 2. The Balaban J connectivity index is 1.85. The minimum Gasteiger partial charge on any atom is -0.489 e. The highest BCUT2D eigenvalue weighted by Crippen LogP contribution is 2.14. The van der Waals surface area contributed by atoms with E-state index in [1.807, 2.05) is 38.1 Å². The summed E-state index contributed by atoms with van der Waals surface area (Å²) in [5.41, 5.74) is 7.89. The quantitative estimate of drug-likeness (QED) is 0.658. The van der Waals surface area contributed by atoms with Gasteiger partial charge in [0.1, 0.15) is 17.7 Å². The van der Waals surface area contributed by atoms with E-state index in [4.69, 9.17) is 10.5 Å². The number of hydrogen-bond acceptors (Lipinski definition) is 2. The lowest BCUT2D eigenvalue weighted by molar-refractivity contribution is 0.229. The molecule has 4 nitrogen and oxygen atoms in total. The molecule has 0 fully saturated rings. The zero-order valence-corrected chi connectivity index (χ0v) is 12.7. The zero-order valence-electron chi connectivity index (χ0n) is 12.7. The fourth-order valence-electron chi connectivity index (χ4n) is 1.86. The van der Waals surface area contributed by atoms with Crippen LogP contribution in [0.2, 0.25) is 0 Å². The van der Waals surface area contributed by atoms with E-state index in [-0.39, 0.29) is 11.9 Å². The highest BCUT2D eigenvalue weighted by Gasteiger charge is 2.04. The second-order valence-electron chi connectivity index (χ2n) is 5.10. The van der Waals surface area contributed by atoms with Gasteiger partial charge in [-0.2, -0.15) is 0 Å². The molecule has 2 aromatic carbocycles. The number of nitrogens with two attached hydrogens (primary N) is 1. The smallest absolute Gasteiger partial charge is 0.193 e. The predicted molar refractivity (Wildman–Crippen MR) is 87.8 cm³/mol. The van der Waals surface area contributed by atoms with E-state index in [2.05, 4.69) is 10.3 Å². The Kier molecular flexibility index (Phi) is 5.36. The fraction of sp³-hybridized carbons (Fsp3) is 0.235. The number of anilines is 1. The van der Waals surface area contributed by atoms with E-state index in [9.17, 15) is 4.39 Å². The molecule has 0 aliphatic carbocycles. The fourth-order valence-corrected chi connectivity index (χ4v) is 1.86. The molecule has 0 heterocycles. The largest absolute Gasteiger partial charge is 0.489 e. The van der Waals surface area contributed by atoms with Gasteiger partial charge in [0.15, 0.2) is 5.96 Å². The van der Waals surface area contributed by atoms with E-state index in [0.29, 0.717) is 18.3 Å². The molecule has 0 radical (unpaired) electrons. The molecule has 3 N–H and O–H groups in total. The number of nitrogens with zero attached hydrogens (tertiary/aromatic N) is 1. The van der Waals surface area contributed by atoms with Gasteiger partial charge in [-0.15, -0.1) is 0 Å². The molecule has 0 aromatic heterocycles. The SMILES string of the molecule is Cc1ccc(NC(N)=NCC(C)Oc2cccc(F)c2)cc1. The van der Waals surface area contributed by atoms with Crippen LogP contribution in [-0.4, -0.2) is 18.6 Å². The lowest BCUT2D eigenvalue weighted by atomic mass is 10.2. The van der Waals surface area contributed by atoms with Crippen molar-refractivity contribution in [2.24, 2.45) is 10.7 Å². The Morgan fingerprint density at radius 2 is 2.00 bits per heavy atom. The summed E-state index contributed by atoms with van der Waals surface area (Å²) in [6.45, 7) is 4.25. The number of aliphatic imine (C=N–C) groups is 1. The van der Waals surface area contributed by atoms with Crippen LogP contribution in [-0.2, 0) is 0 Å². The summed E-state index contributed by atoms with van der Waals surface area (Å²) in [5, 5.41) is 3.01. The summed E-state index contributed by atoms with van der Waals surface area (Å²) in [6, 6.07) is 13.9. The number of halogens is 1. The molecule has 0 aliphatic heterocycles. The molecule has 1 unspecified atom stereocenters. The molecule has 5 heteroatoms. The maximum Gasteiger partial charge on any atom is 0.193 e. The van der Waals surface area contributed by atoms with Crippen molar-refractivity contribution in [3.05, 3.63) is 59.9 Å². The average Bonchev–Trinajstić information content (AvgIpc) is 2.48. The van der Waals surface area contributed by atoms with Gasteiger partial charge in [0.05, 0.1) is 6.54 Å². The van der Waals surface area contributed by atoms with Gasteiger partial charge in [-0.05, 0) is 38.1 Å². The molecule has 2 rings (SSSR count). The first-order chi connectivity index (χ1) is 10.5. The molecule has 0 amide bonds. The third-order valence-electron chi connectivity index (χ3n) is 2.98. The molecule has 116 valence electrons. The summed E-state index contributed by atoms with van der Waals surface area (Å²) in [4.78, 5) is 4.22. The number of aryl methyl sites for hydroxylation is 1. The van der Waals surface area contributed by atoms with Gasteiger partial charge >= 0.3 is 0 Å². The highest BCUT2D eigenvalue weighted by atomic mass is 19.1. The van der Waals surface area contributed by atoms with Gasteiger partial charge < -0.3 is 15.8 Å². The van der Waals surface area contributed by atoms with Crippen LogP contribution in [0.5, 0.6) is 5.75 Å². The van der Waals surface area contributed by atoms with Crippen LogP contribution < -0.4 is 15.8 Å². The van der Waals surface area contributed by atoms with Gasteiger partial charge in [0.25, 0.3) is 0 Å². The molecule has 0 spiro atoms. The van der Waals surface area contributed by atoms with Crippen molar-refractivity contribution < 1.29 is 9.13 Å². The molecule has 22 heavy (non-hydrogen) atoms. The number of ether oxygens (including phenoxy) is 1. The van der Waals surface area contributed by atoms with E-state index in [1.54, 1.807) is 12.1 Å². The Hall–Kier alpha value is -2.56. The van der Waals surface area contributed by atoms with Crippen molar-refractivity contribution in [1.29, 1.82) is 0 Å². The van der Waals surface area contributed by atoms with Crippen LogP contribution in [0.4, 0.5) is 10.1 Å². The molecule has 0 saturated heterocycles. The zero-order chi connectivity index (χ0) is 15.9. The van der Waals surface area contributed by atoms with Crippen molar-refractivity contribution in [2.45, 2.75) is 20.0 Å². The highest BCUT2D eigenvalue weighted by molar-refractivity contribution is 5.92. The third-order valence-corrected chi connectivity index (χ3v) is 2.98. The standard InChI is InChI=1S/C17H20FN3O/c1-12-6-8-15(9-7-12)21-17(19)20-11-13(2)22-16-5-3-4-14(18)10-16/h3-10,13H,11H2,1-2H3,(H3,19,20,21). The first kappa shape index (κ1) is 15.8. The lowest BCUT2D eigenvalue weighted by Crippen LogP contribution is -2.25. The van der Waals surface area contributed by atoms with Gasteiger partial charge in [-0.1, -0.05) is 23.8 Å². The first-order valence-corrected chi connectivity index (χ1v) is 7.09. The summed E-state index contributed by atoms with van der Waals surface area (Å²) >= 11 is 0. The molecular weight excluding hydrogens is 281 g/mol. The molecule has 0 bridgehead atoms. The van der Waals surface area contributed by atoms with Crippen molar-refractivity contribution in [3.8, 4) is 5.75 Å². The van der Waals surface area contributed by atoms with Gasteiger partial charge in [-0.3, -0.25) is 0 Å². The maximum atomic E-state index is 13.1. The molecule has 1 atom stereocenters. The van der Waals surface area contributed by atoms with E-state index < -0.39 is 0 Å². The molecule has 0 aliphatic rings. The summed E-state index contributed by atoms with van der Waals surface area (Å²) < 4.78 is 18.6. The Morgan fingerprint density at radius 3 is 2.68 bits per heavy atom. The van der Waals surface area contributed by atoms with Gasteiger partial charge in [0, 0.05) is 11.8 Å². The molecule has 0 saturated carbocycles. The van der Waals surface area contributed by atoms with Crippen molar-refractivity contribution in [2.75, 3.05) is 11.9 Å². The van der Waals surface area contributed by atoms with Crippen LogP contribution in [0.3, 0.4) is 0 Å². The minimum absolute atomic E-state index is 0.208.